The Morgan fingerprint density at radius 2 is 2.00 bits per heavy atom. The molecule has 0 radical (unpaired) electrons. The molecule has 2 nitrogen and oxygen atoms in total. The van der Waals surface area contributed by atoms with E-state index in [-0.39, 0.29) is 0 Å². The summed E-state index contributed by atoms with van der Waals surface area (Å²) in [5.74, 6) is 0.677. The summed E-state index contributed by atoms with van der Waals surface area (Å²) in [4.78, 5) is 2.46. The maximum atomic E-state index is 3.58. The first-order valence-corrected chi connectivity index (χ1v) is 7.61. The number of hydrogen-bond donors (Lipinski definition) is 1. The minimum absolute atomic E-state index is 0.677. The summed E-state index contributed by atoms with van der Waals surface area (Å²) >= 11 is 3.58. The molecule has 3 heteroatoms. The number of rotatable bonds is 7. The van der Waals surface area contributed by atoms with E-state index >= 15 is 0 Å². The van der Waals surface area contributed by atoms with Crippen molar-refractivity contribution >= 4 is 21.6 Å². The minimum Gasteiger partial charge on any atom is -0.371 e. The third-order valence-corrected chi connectivity index (χ3v) is 3.41. The Bertz CT molecular complexity index is 364. The highest BCUT2D eigenvalue weighted by molar-refractivity contribution is 9.10. The van der Waals surface area contributed by atoms with Crippen LogP contribution in [0.15, 0.2) is 22.7 Å². The largest absolute Gasteiger partial charge is 0.371 e. The summed E-state index contributed by atoms with van der Waals surface area (Å²) in [6, 6.07) is 6.57. The number of nitrogens with one attached hydrogen (secondary N) is 1. The molecule has 0 saturated carbocycles. The van der Waals surface area contributed by atoms with Crippen LogP contribution in [0, 0.1) is 5.92 Å². The monoisotopic (exact) mass is 312 g/mol. The third-order valence-electron chi connectivity index (χ3n) is 2.92. The molecule has 0 aliphatic carbocycles. The van der Waals surface area contributed by atoms with Gasteiger partial charge >= 0.3 is 0 Å². The van der Waals surface area contributed by atoms with Crippen molar-refractivity contribution < 1.29 is 0 Å². The number of halogens is 1. The minimum atomic E-state index is 0.677. The molecule has 18 heavy (non-hydrogen) atoms. The highest BCUT2D eigenvalue weighted by Gasteiger charge is 2.11. The van der Waals surface area contributed by atoms with Gasteiger partial charge in [-0.15, -0.1) is 0 Å². The first-order valence-electron chi connectivity index (χ1n) is 6.82. The molecule has 0 saturated heterocycles. The Labute approximate surface area is 120 Å². The summed E-state index contributed by atoms with van der Waals surface area (Å²) in [7, 11) is 0. The van der Waals surface area contributed by atoms with Crippen LogP contribution in [0.2, 0.25) is 0 Å². The second kappa shape index (κ2) is 7.80. The average Bonchev–Trinajstić information content (AvgIpc) is 2.34. The van der Waals surface area contributed by atoms with Gasteiger partial charge in [-0.3, -0.25) is 0 Å². The highest BCUT2D eigenvalue weighted by Crippen LogP contribution is 2.26. The van der Waals surface area contributed by atoms with Crippen LogP contribution in [-0.2, 0) is 6.54 Å². The van der Waals surface area contributed by atoms with Gasteiger partial charge in [0, 0.05) is 29.8 Å². The lowest BCUT2D eigenvalue weighted by molar-refractivity contribution is 0.615. The van der Waals surface area contributed by atoms with Crippen molar-refractivity contribution in [3.63, 3.8) is 0 Å². The molecule has 0 aliphatic heterocycles. The lowest BCUT2D eigenvalue weighted by atomic mass is 10.1. The summed E-state index contributed by atoms with van der Waals surface area (Å²) in [6.07, 6.45) is 0. The Morgan fingerprint density at radius 3 is 2.56 bits per heavy atom. The van der Waals surface area contributed by atoms with Crippen LogP contribution in [0.3, 0.4) is 0 Å². The summed E-state index contributed by atoms with van der Waals surface area (Å²) < 4.78 is 1.15. The first kappa shape index (κ1) is 15.5. The first-order chi connectivity index (χ1) is 8.58. The molecule has 1 N–H and O–H groups in total. The molecular formula is C15H25BrN2. The highest BCUT2D eigenvalue weighted by atomic mass is 79.9. The molecule has 102 valence electrons. The number of nitrogens with zero attached hydrogens (tertiary/aromatic N) is 1. The van der Waals surface area contributed by atoms with Crippen LogP contribution in [0.4, 0.5) is 5.69 Å². The van der Waals surface area contributed by atoms with Crippen molar-refractivity contribution in [3.05, 3.63) is 28.2 Å². The van der Waals surface area contributed by atoms with Crippen molar-refractivity contribution in [1.82, 2.24) is 5.32 Å². The van der Waals surface area contributed by atoms with Crippen LogP contribution in [0.1, 0.15) is 33.3 Å². The molecule has 0 spiro atoms. The zero-order valence-electron chi connectivity index (χ0n) is 12.0. The molecule has 0 aromatic heterocycles. The Kier molecular flexibility index (Phi) is 6.72. The fraction of sp³-hybridized carbons (Fsp3) is 0.600. The fourth-order valence-corrected chi connectivity index (χ4v) is 2.43. The van der Waals surface area contributed by atoms with E-state index in [9.17, 15) is 0 Å². The Hall–Kier alpha value is -0.540. The normalized spacial score (nSPS) is 11.0. The molecular weight excluding hydrogens is 288 g/mol. The molecule has 0 atom stereocenters. The summed E-state index contributed by atoms with van der Waals surface area (Å²) in [5, 5.41) is 3.41. The van der Waals surface area contributed by atoms with Crippen molar-refractivity contribution in [2.45, 2.75) is 34.2 Å². The zero-order chi connectivity index (χ0) is 13.5. The van der Waals surface area contributed by atoms with Crippen LogP contribution in [0.25, 0.3) is 0 Å². The van der Waals surface area contributed by atoms with E-state index in [1.54, 1.807) is 0 Å². The third kappa shape index (κ3) is 4.62. The maximum absolute atomic E-state index is 3.58. The molecule has 0 aliphatic rings. The predicted molar refractivity (Wildman–Crippen MR) is 84.2 cm³/mol. The molecule has 0 fully saturated rings. The van der Waals surface area contributed by atoms with E-state index in [1.807, 2.05) is 0 Å². The molecule has 0 heterocycles. The van der Waals surface area contributed by atoms with E-state index in [2.05, 4.69) is 72.0 Å². The molecule has 1 aromatic carbocycles. The van der Waals surface area contributed by atoms with Gasteiger partial charge in [0.15, 0.2) is 0 Å². The molecule has 1 aromatic rings. The lowest BCUT2D eigenvalue weighted by Gasteiger charge is -2.28. The van der Waals surface area contributed by atoms with E-state index in [1.165, 1.54) is 11.3 Å². The van der Waals surface area contributed by atoms with Crippen molar-refractivity contribution in [1.29, 1.82) is 0 Å². The van der Waals surface area contributed by atoms with Gasteiger partial charge in [-0.2, -0.15) is 0 Å². The molecule has 1 rings (SSSR count). The van der Waals surface area contributed by atoms with Gasteiger partial charge < -0.3 is 10.2 Å². The smallest absolute Gasteiger partial charge is 0.0423 e. The maximum Gasteiger partial charge on any atom is 0.0423 e. The average molecular weight is 313 g/mol. The van der Waals surface area contributed by atoms with E-state index < -0.39 is 0 Å². The van der Waals surface area contributed by atoms with E-state index in [0.717, 1.165) is 30.7 Å². The van der Waals surface area contributed by atoms with Crippen molar-refractivity contribution in [2.24, 2.45) is 5.92 Å². The number of hydrogen-bond acceptors (Lipinski definition) is 2. The zero-order valence-corrected chi connectivity index (χ0v) is 13.5. The van der Waals surface area contributed by atoms with Crippen LogP contribution < -0.4 is 10.2 Å². The number of benzene rings is 1. The van der Waals surface area contributed by atoms with Gasteiger partial charge in [0.1, 0.15) is 0 Å². The Morgan fingerprint density at radius 1 is 1.28 bits per heavy atom. The van der Waals surface area contributed by atoms with Gasteiger partial charge in [-0.05, 0) is 37.1 Å². The molecule has 0 unspecified atom stereocenters. The molecule has 0 amide bonds. The van der Waals surface area contributed by atoms with Crippen molar-refractivity contribution in [3.8, 4) is 0 Å². The SMILES string of the molecule is CCNCc1ccc(Br)cc1N(CC)CC(C)C. The predicted octanol–water partition coefficient (Wildman–Crippen LogP) is 4.04. The van der Waals surface area contributed by atoms with Gasteiger partial charge in [0.2, 0.25) is 0 Å². The summed E-state index contributed by atoms with van der Waals surface area (Å²) in [5.41, 5.74) is 2.73. The van der Waals surface area contributed by atoms with Gasteiger partial charge in [0.05, 0.1) is 0 Å². The number of anilines is 1. The van der Waals surface area contributed by atoms with Gasteiger partial charge in [0.25, 0.3) is 0 Å². The van der Waals surface area contributed by atoms with Crippen LogP contribution in [0.5, 0.6) is 0 Å². The van der Waals surface area contributed by atoms with Crippen LogP contribution in [-0.4, -0.2) is 19.6 Å². The van der Waals surface area contributed by atoms with Crippen molar-refractivity contribution in [2.75, 3.05) is 24.5 Å². The molecule has 0 bridgehead atoms. The Balaban J connectivity index is 2.97. The van der Waals surface area contributed by atoms with Crippen LogP contribution >= 0.6 is 15.9 Å². The van der Waals surface area contributed by atoms with E-state index in [4.69, 9.17) is 0 Å². The van der Waals surface area contributed by atoms with Gasteiger partial charge in [-0.1, -0.05) is 42.8 Å². The quantitative estimate of drug-likeness (QED) is 0.817. The second-order valence-corrected chi connectivity index (χ2v) is 5.90. The van der Waals surface area contributed by atoms with Gasteiger partial charge in [-0.25, -0.2) is 0 Å². The fourth-order valence-electron chi connectivity index (χ4n) is 2.08. The lowest BCUT2D eigenvalue weighted by Crippen LogP contribution is -2.29. The second-order valence-electron chi connectivity index (χ2n) is 4.99. The summed E-state index contributed by atoms with van der Waals surface area (Å²) in [6.45, 7) is 13.0. The van der Waals surface area contributed by atoms with E-state index in [0.29, 0.717) is 5.92 Å². The standard InChI is InChI=1S/C15H25BrN2/c1-5-17-10-13-7-8-14(16)9-15(13)18(6-2)11-12(3)4/h7-9,12,17H,5-6,10-11H2,1-4H3. The topological polar surface area (TPSA) is 15.3 Å².